The van der Waals surface area contributed by atoms with E-state index in [1.807, 2.05) is 12.1 Å². The fraction of sp³-hybridized carbons (Fsp3) is 0.167. The zero-order chi connectivity index (χ0) is 17.2. The molecule has 1 aromatic carbocycles. The first-order chi connectivity index (χ1) is 12.2. The second-order valence-electron chi connectivity index (χ2n) is 5.74. The van der Waals surface area contributed by atoms with Crippen molar-refractivity contribution in [1.29, 1.82) is 0 Å². The molecule has 0 spiro atoms. The molecule has 126 valence electrons. The zero-order valence-electron chi connectivity index (χ0n) is 13.2. The fourth-order valence-electron chi connectivity index (χ4n) is 2.83. The first-order valence-electron chi connectivity index (χ1n) is 7.90. The molecule has 6 nitrogen and oxygen atoms in total. The highest BCUT2D eigenvalue weighted by molar-refractivity contribution is 5.88. The number of ether oxygens (including phenoxy) is 1. The van der Waals surface area contributed by atoms with Gasteiger partial charge in [-0.15, -0.1) is 0 Å². The molecular formula is C18H15FN4O2. The van der Waals surface area contributed by atoms with E-state index in [2.05, 4.69) is 15.2 Å². The average molecular weight is 338 g/mol. The van der Waals surface area contributed by atoms with Crippen LogP contribution in [0.5, 0.6) is 0 Å². The van der Waals surface area contributed by atoms with Crippen molar-refractivity contribution in [3.05, 3.63) is 66.2 Å². The SMILES string of the molecule is O=C1OC(c2ccc(F)cc2)CCN1c1cc(-c2ccncc2)[nH]n1. The number of nitrogens with zero attached hydrogens (tertiary/aromatic N) is 3. The normalized spacial score (nSPS) is 17.4. The Morgan fingerprint density at radius 1 is 1.16 bits per heavy atom. The Kier molecular flexibility index (Phi) is 3.89. The fourth-order valence-corrected chi connectivity index (χ4v) is 2.83. The lowest BCUT2D eigenvalue weighted by Crippen LogP contribution is -2.39. The summed E-state index contributed by atoms with van der Waals surface area (Å²) in [5.41, 5.74) is 2.52. The van der Waals surface area contributed by atoms with Gasteiger partial charge in [0.05, 0.1) is 5.69 Å². The van der Waals surface area contributed by atoms with Crippen LogP contribution in [0.2, 0.25) is 0 Å². The van der Waals surface area contributed by atoms with Crippen molar-refractivity contribution in [3.8, 4) is 11.3 Å². The number of benzene rings is 1. The van der Waals surface area contributed by atoms with E-state index in [0.717, 1.165) is 16.8 Å². The van der Waals surface area contributed by atoms with Crippen LogP contribution < -0.4 is 4.90 Å². The summed E-state index contributed by atoms with van der Waals surface area (Å²) in [7, 11) is 0. The van der Waals surface area contributed by atoms with E-state index in [0.29, 0.717) is 18.8 Å². The number of H-pyrrole nitrogens is 1. The van der Waals surface area contributed by atoms with Crippen LogP contribution in [0, 0.1) is 5.82 Å². The summed E-state index contributed by atoms with van der Waals surface area (Å²) in [6.07, 6.45) is 3.15. The maximum Gasteiger partial charge on any atom is 0.416 e. The Labute approximate surface area is 143 Å². The van der Waals surface area contributed by atoms with Crippen molar-refractivity contribution in [1.82, 2.24) is 15.2 Å². The molecule has 1 unspecified atom stereocenters. The largest absolute Gasteiger partial charge is 0.441 e. The molecule has 1 saturated heterocycles. The van der Waals surface area contributed by atoms with Gasteiger partial charge in [0.1, 0.15) is 11.9 Å². The average Bonchev–Trinajstić information content (AvgIpc) is 3.13. The van der Waals surface area contributed by atoms with Gasteiger partial charge in [0.15, 0.2) is 5.82 Å². The number of aromatic nitrogens is 3. The van der Waals surface area contributed by atoms with E-state index in [1.54, 1.807) is 30.6 Å². The van der Waals surface area contributed by atoms with Crippen molar-refractivity contribution in [2.75, 3.05) is 11.4 Å². The first kappa shape index (κ1) is 15.3. The zero-order valence-corrected chi connectivity index (χ0v) is 13.2. The predicted octanol–water partition coefficient (Wildman–Crippen LogP) is 3.70. The molecule has 1 amide bonds. The van der Waals surface area contributed by atoms with Crippen LogP contribution >= 0.6 is 0 Å². The molecule has 0 aliphatic carbocycles. The number of aromatic amines is 1. The number of pyridine rings is 1. The molecule has 25 heavy (non-hydrogen) atoms. The van der Waals surface area contributed by atoms with Crippen LogP contribution in [0.3, 0.4) is 0 Å². The molecule has 3 heterocycles. The standard InChI is InChI=1S/C18H15FN4O2/c19-14-3-1-13(2-4-14)16-7-10-23(18(24)25-16)17-11-15(21-22-17)12-5-8-20-9-6-12/h1-6,8-9,11,16H,7,10H2,(H,21,22). The number of nitrogens with one attached hydrogen (secondary N) is 1. The van der Waals surface area contributed by atoms with Gasteiger partial charge in [-0.2, -0.15) is 5.10 Å². The monoisotopic (exact) mass is 338 g/mol. The molecule has 1 atom stereocenters. The number of cyclic esters (lactones) is 1. The van der Waals surface area contributed by atoms with Crippen molar-refractivity contribution >= 4 is 11.9 Å². The Balaban J connectivity index is 1.49. The van der Waals surface area contributed by atoms with Gasteiger partial charge >= 0.3 is 6.09 Å². The first-order valence-corrected chi connectivity index (χ1v) is 7.90. The van der Waals surface area contributed by atoms with Crippen molar-refractivity contribution in [2.45, 2.75) is 12.5 Å². The second kappa shape index (κ2) is 6.35. The Morgan fingerprint density at radius 2 is 1.92 bits per heavy atom. The Morgan fingerprint density at radius 3 is 2.64 bits per heavy atom. The number of anilines is 1. The van der Waals surface area contributed by atoms with Gasteiger partial charge in [0.25, 0.3) is 0 Å². The minimum Gasteiger partial charge on any atom is -0.441 e. The molecule has 1 N–H and O–H groups in total. The number of halogens is 1. The molecular weight excluding hydrogens is 323 g/mol. The highest BCUT2D eigenvalue weighted by Crippen LogP contribution is 2.30. The van der Waals surface area contributed by atoms with Gasteiger partial charge in [0.2, 0.25) is 0 Å². The van der Waals surface area contributed by atoms with Crippen LogP contribution in [-0.4, -0.2) is 27.8 Å². The highest BCUT2D eigenvalue weighted by Gasteiger charge is 2.30. The third kappa shape index (κ3) is 3.08. The summed E-state index contributed by atoms with van der Waals surface area (Å²) in [6, 6.07) is 11.5. The third-order valence-corrected chi connectivity index (χ3v) is 4.15. The van der Waals surface area contributed by atoms with Crippen molar-refractivity contribution in [3.63, 3.8) is 0 Å². The summed E-state index contributed by atoms with van der Waals surface area (Å²) in [5, 5.41) is 7.13. The molecule has 0 radical (unpaired) electrons. The molecule has 3 aromatic rings. The lowest BCUT2D eigenvalue weighted by molar-refractivity contribution is 0.0839. The number of hydrogen-bond donors (Lipinski definition) is 1. The van der Waals surface area contributed by atoms with Crippen LogP contribution in [0.15, 0.2) is 54.9 Å². The van der Waals surface area contributed by atoms with Crippen LogP contribution in [0.25, 0.3) is 11.3 Å². The van der Waals surface area contributed by atoms with E-state index in [-0.39, 0.29) is 11.9 Å². The van der Waals surface area contributed by atoms with Gasteiger partial charge in [0, 0.05) is 37.0 Å². The molecule has 1 aliphatic rings. The Bertz CT molecular complexity index is 880. The topological polar surface area (TPSA) is 71.1 Å². The maximum atomic E-state index is 13.0. The summed E-state index contributed by atoms with van der Waals surface area (Å²) in [6.45, 7) is 0.474. The van der Waals surface area contributed by atoms with Gasteiger partial charge in [-0.25, -0.2) is 9.18 Å². The van der Waals surface area contributed by atoms with E-state index in [1.165, 1.54) is 17.0 Å². The quantitative estimate of drug-likeness (QED) is 0.790. The van der Waals surface area contributed by atoms with Crippen LogP contribution in [-0.2, 0) is 4.74 Å². The van der Waals surface area contributed by atoms with E-state index in [4.69, 9.17) is 4.74 Å². The minimum absolute atomic E-state index is 0.312. The molecule has 0 bridgehead atoms. The van der Waals surface area contributed by atoms with Crippen LogP contribution in [0.1, 0.15) is 18.1 Å². The molecule has 1 fully saturated rings. The molecule has 2 aromatic heterocycles. The Hall–Kier alpha value is -3.22. The minimum atomic E-state index is -0.464. The number of hydrogen-bond acceptors (Lipinski definition) is 4. The molecule has 1 aliphatic heterocycles. The maximum absolute atomic E-state index is 13.0. The van der Waals surface area contributed by atoms with Gasteiger partial charge in [-0.1, -0.05) is 12.1 Å². The second-order valence-corrected chi connectivity index (χ2v) is 5.74. The van der Waals surface area contributed by atoms with E-state index in [9.17, 15) is 9.18 Å². The summed E-state index contributed by atoms with van der Waals surface area (Å²) >= 11 is 0. The van der Waals surface area contributed by atoms with E-state index < -0.39 is 6.09 Å². The van der Waals surface area contributed by atoms with Crippen LogP contribution in [0.4, 0.5) is 15.0 Å². The summed E-state index contributed by atoms with van der Waals surface area (Å²) < 4.78 is 18.5. The number of carbonyl (C=O) groups is 1. The number of rotatable bonds is 3. The smallest absolute Gasteiger partial charge is 0.416 e. The highest BCUT2D eigenvalue weighted by atomic mass is 19.1. The van der Waals surface area contributed by atoms with Gasteiger partial charge < -0.3 is 4.74 Å². The van der Waals surface area contributed by atoms with Gasteiger partial charge in [-0.05, 0) is 29.8 Å². The lowest BCUT2D eigenvalue weighted by Gasteiger charge is -2.30. The van der Waals surface area contributed by atoms with Crippen molar-refractivity contribution in [2.24, 2.45) is 0 Å². The lowest BCUT2D eigenvalue weighted by atomic mass is 10.1. The summed E-state index contributed by atoms with van der Waals surface area (Å²) in [5.74, 6) is 0.196. The molecule has 0 saturated carbocycles. The summed E-state index contributed by atoms with van der Waals surface area (Å²) in [4.78, 5) is 17.8. The predicted molar refractivity (Wildman–Crippen MR) is 89.4 cm³/mol. The molecule has 7 heteroatoms. The van der Waals surface area contributed by atoms with E-state index >= 15 is 0 Å². The number of carbonyl (C=O) groups excluding carboxylic acids is 1. The number of amides is 1. The van der Waals surface area contributed by atoms with Gasteiger partial charge in [-0.3, -0.25) is 15.0 Å². The van der Waals surface area contributed by atoms with Crippen molar-refractivity contribution < 1.29 is 13.9 Å². The third-order valence-electron chi connectivity index (χ3n) is 4.15. The molecule has 4 rings (SSSR count).